The predicted octanol–water partition coefficient (Wildman–Crippen LogP) is 2.83. The topological polar surface area (TPSA) is 60.7 Å². The minimum Gasteiger partial charge on any atom is -0.454 e. The molecule has 0 radical (unpaired) electrons. The van der Waals surface area contributed by atoms with E-state index in [4.69, 9.17) is 9.47 Å². The minimum atomic E-state index is 0.291. The highest BCUT2D eigenvalue weighted by molar-refractivity contribution is 9.10. The molecule has 0 aliphatic carbocycles. The molecular weight excluding hydrogens is 336 g/mol. The number of rotatable bonds is 3. The predicted molar refractivity (Wildman–Crippen MR) is 80.6 cm³/mol. The van der Waals surface area contributed by atoms with Gasteiger partial charge in [0.1, 0.15) is 10.4 Å². The van der Waals surface area contributed by atoms with Gasteiger partial charge in [0.05, 0.1) is 6.20 Å². The Morgan fingerprint density at radius 3 is 3.05 bits per heavy atom. The summed E-state index contributed by atoms with van der Waals surface area (Å²) in [6.07, 6.45) is 1.73. The first-order chi connectivity index (χ1) is 10.3. The number of hydrogen-bond donors (Lipinski definition) is 1. The van der Waals surface area contributed by atoms with Gasteiger partial charge in [-0.15, -0.1) is 5.10 Å². The van der Waals surface area contributed by atoms with Gasteiger partial charge in [-0.1, -0.05) is 6.07 Å². The van der Waals surface area contributed by atoms with E-state index >= 15 is 0 Å². The summed E-state index contributed by atoms with van der Waals surface area (Å²) < 4.78 is 13.2. The van der Waals surface area contributed by atoms with Crippen LogP contribution in [0.4, 0.5) is 5.82 Å². The van der Waals surface area contributed by atoms with Crippen LogP contribution >= 0.6 is 15.9 Å². The van der Waals surface area contributed by atoms with E-state index in [-0.39, 0.29) is 0 Å². The Balaban J connectivity index is 1.53. The van der Waals surface area contributed by atoms with Crippen molar-refractivity contribution in [2.24, 2.45) is 0 Å². The lowest BCUT2D eigenvalue weighted by Gasteiger charge is -2.07. The standard InChI is InChI=1S/C14H11BrN4O2/c15-12-7-17-14-4-3-13(18-19(12)14)16-6-9-1-2-10-11(5-9)21-8-20-10/h1-5,7H,6,8H2,(H,16,18). The van der Waals surface area contributed by atoms with Gasteiger partial charge in [-0.05, 0) is 45.8 Å². The molecule has 2 aromatic heterocycles. The summed E-state index contributed by atoms with van der Waals surface area (Å²) in [6, 6.07) is 9.72. The van der Waals surface area contributed by atoms with E-state index in [9.17, 15) is 0 Å². The number of nitrogens with one attached hydrogen (secondary N) is 1. The van der Waals surface area contributed by atoms with Crippen LogP contribution in [-0.4, -0.2) is 21.4 Å². The van der Waals surface area contributed by atoms with Gasteiger partial charge in [-0.3, -0.25) is 0 Å². The quantitative estimate of drug-likeness (QED) is 0.790. The van der Waals surface area contributed by atoms with Gasteiger partial charge in [0, 0.05) is 6.54 Å². The van der Waals surface area contributed by atoms with E-state index in [0.717, 1.165) is 33.1 Å². The molecule has 0 fully saturated rings. The highest BCUT2D eigenvalue weighted by Gasteiger charge is 2.13. The third-order valence-corrected chi connectivity index (χ3v) is 3.77. The molecule has 0 bridgehead atoms. The summed E-state index contributed by atoms with van der Waals surface area (Å²) in [5.74, 6) is 2.36. The van der Waals surface area contributed by atoms with Gasteiger partial charge in [0.15, 0.2) is 17.1 Å². The molecule has 6 nitrogen and oxygen atoms in total. The monoisotopic (exact) mass is 346 g/mol. The third kappa shape index (κ3) is 2.29. The van der Waals surface area contributed by atoms with Crippen LogP contribution in [0.1, 0.15) is 5.56 Å². The average molecular weight is 347 g/mol. The number of nitrogens with zero attached hydrogens (tertiary/aromatic N) is 3. The lowest BCUT2D eigenvalue weighted by Crippen LogP contribution is -2.04. The van der Waals surface area contributed by atoms with E-state index in [1.54, 1.807) is 10.7 Å². The van der Waals surface area contributed by atoms with Crippen molar-refractivity contribution < 1.29 is 9.47 Å². The third-order valence-electron chi connectivity index (χ3n) is 3.23. The van der Waals surface area contributed by atoms with E-state index in [1.807, 2.05) is 30.3 Å². The molecule has 3 heterocycles. The number of benzene rings is 1. The first-order valence-corrected chi connectivity index (χ1v) is 7.21. The maximum absolute atomic E-state index is 5.37. The number of hydrogen-bond acceptors (Lipinski definition) is 5. The van der Waals surface area contributed by atoms with Crippen molar-refractivity contribution in [3.8, 4) is 11.5 Å². The normalized spacial score (nSPS) is 12.8. The lowest BCUT2D eigenvalue weighted by atomic mass is 10.2. The molecule has 21 heavy (non-hydrogen) atoms. The molecule has 106 valence electrons. The highest BCUT2D eigenvalue weighted by Crippen LogP contribution is 2.32. The zero-order valence-electron chi connectivity index (χ0n) is 10.9. The van der Waals surface area contributed by atoms with Crippen molar-refractivity contribution in [3.63, 3.8) is 0 Å². The fraction of sp³-hybridized carbons (Fsp3) is 0.143. The van der Waals surface area contributed by atoms with Crippen molar-refractivity contribution in [1.29, 1.82) is 0 Å². The first-order valence-electron chi connectivity index (χ1n) is 6.42. The van der Waals surface area contributed by atoms with Gasteiger partial charge in [-0.2, -0.15) is 0 Å². The molecule has 0 amide bonds. The Kier molecular flexibility index (Phi) is 2.92. The Labute approximate surface area is 128 Å². The fourth-order valence-corrected chi connectivity index (χ4v) is 2.55. The number of fused-ring (bicyclic) bond motifs is 2. The zero-order valence-corrected chi connectivity index (χ0v) is 12.5. The van der Waals surface area contributed by atoms with E-state index in [0.29, 0.717) is 13.3 Å². The number of ether oxygens (including phenoxy) is 2. The minimum absolute atomic E-state index is 0.291. The molecule has 4 rings (SSSR count). The summed E-state index contributed by atoms with van der Waals surface area (Å²) in [6.45, 7) is 0.945. The van der Waals surface area contributed by atoms with Crippen LogP contribution in [0.3, 0.4) is 0 Å². The van der Waals surface area contributed by atoms with Crippen LogP contribution in [0.5, 0.6) is 11.5 Å². The summed E-state index contributed by atoms with van der Waals surface area (Å²) in [5.41, 5.74) is 1.90. The Bertz CT molecular complexity index is 818. The first kappa shape index (κ1) is 12.5. The van der Waals surface area contributed by atoms with Crippen molar-refractivity contribution in [2.45, 2.75) is 6.54 Å². The highest BCUT2D eigenvalue weighted by atomic mass is 79.9. The van der Waals surface area contributed by atoms with E-state index in [2.05, 4.69) is 31.3 Å². The second-order valence-corrected chi connectivity index (χ2v) is 5.42. The molecule has 0 unspecified atom stereocenters. The molecule has 0 saturated carbocycles. The maximum atomic E-state index is 5.37. The molecule has 3 aromatic rings. The van der Waals surface area contributed by atoms with Crippen molar-refractivity contribution >= 4 is 27.4 Å². The number of imidazole rings is 1. The fourth-order valence-electron chi connectivity index (χ4n) is 2.18. The molecule has 1 aliphatic rings. The Morgan fingerprint density at radius 1 is 1.19 bits per heavy atom. The van der Waals surface area contributed by atoms with Gasteiger partial charge in [-0.25, -0.2) is 9.50 Å². The van der Waals surface area contributed by atoms with Crippen LogP contribution in [0.25, 0.3) is 5.65 Å². The number of anilines is 1. The van der Waals surface area contributed by atoms with Crippen LogP contribution in [0.15, 0.2) is 41.1 Å². The molecule has 0 saturated heterocycles. The van der Waals surface area contributed by atoms with Gasteiger partial charge >= 0.3 is 0 Å². The number of halogens is 1. The SMILES string of the molecule is Brc1cnc2ccc(NCc3ccc4c(c3)OCO4)nn12. The smallest absolute Gasteiger partial charge is 0.231 e. The van der Waals surface area contributed by atoms with Crippen LogP contribution in [-0.2, 0) is 6.54 Å². The molecule has 0 spiro atoms. The van der Waals surface area contributed by atoms with E-state index in [1.165, 1.54) is 0 Å². The molecule has 1 aliphatic heterocycles. The van der Waals surface area contributed by atoms with E-state index < -0.39 is 0 Å². The maximum Gasteiger partial charge on any atom is 0.231 e. The largest absolute Gasteiger partial charge is 0.454 e. The lowest BCUT2D eigenvalue weighted by molar-refractivity contribution is 0.174. The molecule has 7 heteroatoms. The second-order valence-electron chi connectivity index (χ2n) is 4.61. The average Bonchev–Trinajstić information content (AvgIpc) is 3.11. The van der Waals surface area contributed by atoms with Crippen LogP contribution in [0.2, 0.25) is 0 Å². The summed E-state index contributed by atoms with van der Waals surface area (Å²) in [4.78, 5) is 4.21. The van der Waals surface area contributed by atoms with Crippen molar-refractivity contribution in [3.05, 3.63) is 46.7 Å². The summed E-state index contributed by atoms with van der Waals surface area (Å²) >= 11 is 3.41. The summed E-state index contributed by atoms with van der Waals surface area (Å²) in [5, 5.41) is 7.75. The van der Waals surface area contributed by atoms with Crippen molar-refractivity contribution in [2.75, 3.05) is 12.1 Å². The number of aromatic nitrogens is 3. The molecule has 0 atom stereocenters. The van der Waals surface area contributed by atoms with Crippen molar-refractivity contribution in [1.82, 2.24) is 14.6 Å². The van der Waals surface area contributed by atoms with Gasteiger partial charge in [0.25, 0.3) is 0 Å². The van der Waals surface area contributed by atoms with Gasteiger partial charge < -0.3 is 14.8 Å². The summed E-state index contributed by atoms with van der Waals surface area (Å²) in [7, 11) is 0. The Morgan fingerprint density at radius 2 is 2.10 bits per heavy atom. The van der Waals surface area contributed by atoms with Gasteiger partial charge in [0.2, 0.25) is 6.79 Å². The van der Waals surface area contributed by atoms with Crippen LogP contribution in [0, 0.1) is 0 Å². The van der Waals surface area contributed by atoms with Crippen LogP contribution < -0.4 is 14.8 Å². The second kappa shape index (κ2) is 4.92. The molecule has 1 aromatic carbocycles. The molecule has 1 N–H and O–H groups in total. The Hall–Kier alpha value is -2.28. The zero-order chi connectivity index (χ0) is 14.2. The molecular formula is C14H11BrN4O2.